The number of benzene rings is 1. The minimum atomic E-state index is -2.95. The zero-order valence-corrected chi connectivity index (χ0v) is 10.9. The number of rotatable bonds is 3. The number of aromatic nitrogens is 4. The zero-order valence-electron chi connectivity index (χ0n) is 10.9. The number of ether oxygens (including phenoxy) is 1. The van der Waals surface area contributed by atoms with Crippen molar-refractivity contribution in [1.29, 1.82) is 0 Å². The summed E-state index contributed by atoms with van der Waals surface area (Å²) in [4.78, 5) is 24.6. The first kappa shape index (κ1) is 13.2. The van der Waals surface area contributed by atoms with Gasteiger partial charge in [0.15, 0.2) is 0 Å². The maximum Gasteiger partial charge on any atom is 0.388 e. The van der Waals surface area contributed by atoms with Gasteiger partial charge in [-0.2, -0.15) is 8.78 Å². The van der Waals surface area contributed by atoms with E-state index in [-0.39, 0.29) is 11.6 Å². The number of halogens is 2. The van der Waals surface area contributed by atoms with Gasteiger partial charge in [0, 0.05) is 5.56 Å². The Hall–Kier alpha value is -2.77. The van der Waals surface area contributed by atoms with Crippen molar-refractivity contribution in [2.75, 3.05) is 0 Å². The Morgan fingerprint density at radius 2 is 1.90 bits per heavy atom. The topological polar surface area (TPSA) is 83.7 Å². The number of aromatic amines is 2. The molecule has 0 aliphatic rings. The van der Waals surface area contributed by atoms with Gasteiger partial charge in [-0.05, 0) is 12.5 Å². The molecule has 0 saturated heterocycles. The molecule has 0 aliphatic carbocycles. The lowest BCUT2D eigenvalue weighted by atomic mass is 10.1. The SMILES string of the molecule is Cc1ccc(-c2cnc(OC(F)F)cn2)c2[nH]c(=O)[nH]c12. The largest absolute Gasteiger partial charge is 0.415 e. The molecular weight excluding hydrogens is 282 g/mol. The molecule has 0 atom stereocenters. The molecule has 0 saturated carbocycles. The average molecular weight is 292 g/mol. The third kappa shape index (κ3) is 2.47. The highest BCUT2D eigenvalue weighted by Crippen LogP contribution is 2.26. The molecule has 0 bridgehead atoms. The molecule has 3 rings (SSSR count). The predicted octanol–water partition coefficient (Wildman–Crippen LogP) is 2.22. The number of aryl methyl sites for hydroxylation is 1. The highest BCUT2D eigenvalue weighted by atomic mass is 19.3. The first-order valence-corrected chi connectivity index (χ1v) is 6.03. The zero-order chi connectivity index (χ0) is 15.0. The minimum absolute atomic E-state index is 0.264. The van der Waals surface area contributed by atoms with Crippen LogP contribution in [0.15, 0.2) is 29.3 Å². The second-order valence-electron chi connectivity index (χ2n) is 4.38. The van der Waals surface area contributed by atoms with E-state index in [0.29, 0.717) is 22.3 Å². The molecule has 0 unspecified atom stereocenters. The Balaban J connectivity index is 2.08. The molecule has 0 aliphatic heterocycles. The first-order chi connectivity index (χ1) is 10.0. The van der Waals surface area contributed by atoms with Crippen LogP contribution in [0.1, 0.15) is 5.56 Å². The molecule has 2 N–H and O–H groups in total. The van der Waals surface area contributed by atoms with Gasteiger partial charge in [-0.25, -0.2) is 14.8 Å². The molecular formula is C13H10F2N4O2. The van der Waals surface area contributed by atoms with E-state index in [2.05, 4.69) is 24.7 Å². The van der Waals surface area contributed by atoms with Gasteiger partial charge >= 0.3 is 12.3 Å². The monoisotopic (exact) mass is 292 g/mol. The number of nitrogens with one attached hydrogen (secondary N) is 2. The van der Waals surface area contributed by atoms with E-state index in [1.165, 1.54) is 6.20 Å². The summed E-state index contributed by atoms with van der Waals surface area (Å²) in [5.41, 5.74) is 2.93. The molecule has 6 nitrogen and oxygen atoms in total. The number of imidazole rings is 1. The molecule has 0 radical (unpaired) electrons. The molecule has 3 aromatic rings. The van der Waals surface area contributed by atoms with Crippen LogP contribution in [-0.4, -0.2) is 26.5 Å². The van der Waals surface area contributed by atoms with Gasteiger partial charge in [-0.1, -0.05) is 12.1 Å². The molecule has 2 heterocycles. The number of alkyl halides is 2. The summed E-state index contributed by atoms with van der Waals surface area (Å²) in [5, 5.41) is 0. The number of hydrogen-bond donors (Lipinski definition) is 2. The standard InChI is InChI=1S/C13H10F2N4O2/c1-6-2-3-7(11-10(6)18-13(20)19-11)8-4-17-9(5-16-8)21-12(14)15/h2-5,12H,1H3,(H2,18,19,20). The van der Waals surface area contributed by atoms with Crippen LogP contribution in [-0.2, 0) is 0 Å². The summed E-state index contributed by atoms with van der Waals surface area (Å²) >= 11 is 0. The second kappa shape index (κ2) is 4.97. The molecule has 0 spiro atoms. The van der Waals surface area contributed by atoms with E-state index in [4.69, 9.17) is 0 Å². The van der Waals surface area contributed by atoms with Crippen molar-refractivity contribution in [3.05, 3.63) is 40.6 Å². The second-order valence-corrected chi connectivity index (χ2v) is 4.38. The van der Waals surface area contributed by atoms with Gasteiger partial charge in [-0.15, -0.1) is 0 Å². The van der Waals surface area contributed by atoms with Crippen LogP contribution in [0, 0.1) is 6.92 Å². The molecule has 108 valence electrons. The minimum Gasteiger partial charge on any atom is -0.415 e. The van der Waals surface area contributed by atoms with Gasteiger partial charge in [0.2, 0.25) is 5.88 Å². The van der Waals surface area contributed by atoms with E-state index in [1.807, 2.05) is 13.0 Å². The van der Waals surface area contributed by atoms with Gasteiger partial charge in [0.1, 0.15) is 0 Å². The van der Waals surface area contributed by atoms with Crippen LogP contribution in [0.4, 0.5) is 8.78 Å². The van der Waals surface area contributed by atoms with Crippen molar-refractivity contribution in [3.63, 3.8) is 0 Å². The Labute approximate surface area is 116 Å². The lowest BCUT2D eigenvalue weighted by molar-refractivity contribution is -0.0530. The van der Waals surface area contributed by atoms with E-state index in [0.717, 1.165) is 11.8 Å². The molecule has 1 aromatic carbocycles. The van der Waals surface area contributed by atoms with Gasteiger partial charge in [0.25, 0.3) is 0 Å². The Kier molecular flexibility index (Phi) is 3.13. The van der Waals surface area contributed by atoms with Crippen LogP contribution in [0.25, 0.3) is 22.3 Å². The van der Waals surface area contributed by atoms with E-state index < -0.39 is 6.61 Å². The molecule has 2 aromatic heterocycles. The highest BCUT2D eigenvalue weighted by Gasteiger charge is 2.12. The number of H-pyrrole nitrogens is 2. The maximum atomic E-state index is 12.1. The summed E-state index contributed by atoms with van der Waals surface area (Å²) < 4.78 is 28.3. The summed E-state index contributed by atoms with van der Waals surface area (Å²) in [7, 11) is 0. The van der Waals surface area contributed by atoms with E-state index >= 15 is 0 Å². The highest BCUT2D eigenvalue weighted by molar-refractivity contribution is 5.92. The maximum absolute atomic E-state index is 12.1. The van der Waals surface area contributed by atoms with E-state index in [9.17, 15) is 13.6 Å². The molecule has 0 amide bonds. The van der Waals surface area contributed by atoms with Crippen LogP contribution >= 0.6 is 0 Å². The fourth-order valence-electron chi connectivity index (χ4n) is 2.08. The van der Waals surface area contributed by atoms with Crippen molar-refractivity contribution < 1.29 is 13.5 Å². The Morgan fingerprint density at radius 1 is 1.14 bits per heavy atom. The Morgan fingerprint density at radius 3 is 2.57 bits per heavy atom. The van der Waals surface area contributed by atoms with Crippen LogP contribution in [0.5, 0.6) is 5.88 Å². The lowest BCUT2D eigenvalue weighted by Crippen LogP contribution is -2.04. The Bertz CT molecular complexity index is 839. The smallest absolute Gasteiger partial charge is 0.388 e. The first-order valence-electron chi connectivity index (χ1n) is 6.03. The van der Waals surface area contributed by atoms with Crippen molar-refractivity contribution >= 4 is 11.0 Å². The lowest BCUT2D eigenvalue weighted by Gasteiger charge is -2.06. The summed E-state index contributed by atoms with van der Waals surface area (Å²) in [5.74, 6) is -0.264. The number of hydrogen-bond acceptors (Lipinski definition) is 4. The number of fused-ring (bicyclic) bond motifs is 1. The predicted molar refractivity (Wildman–Crippen MR) is 71.3 cm³/mol. The van der Waals surface area contributed by atoms with E-state index in [1.54, 1.807) is 6.07 Å². The van der Waals surface area contributed by atoms with Crippen molar-refractivity contribution in [1.82, 2.24) is 19.9 Å². The van der Waals surface area contributed by atoms with Gasteiger partial charge in [0.05, 0.1) is 29.1 Å². The van der Waals surface area contributed by atoms with Crippen LogP contribution < -0.4 is 10.4 Å². The fraction of sp³-hybridized carbons (Fsp3) is 0.154. The summed E-state index contributed by atoms with van der Waals surface area (Å²) in [6, 6.07) is 3.60. The van der Waals surface area contributed by atoms with Gasteiger partial charge in [-0.3, -0.25) is 0 Å². The van der Waals surface area contributed by atoms with Gasteiger partial charge < -0.3 is 14.7 Å². The third-order valence-corrected chi connectivity index (χ3v) is 3.00. The summed E-state index contributed by atoms with van der Waals surface area (Å²) in [6.07, 6.45) is 2.42. The quantitative estimate of drug-likeness (QED) is 0.775. The van der Waals surface area contributed by atoms with Crippen molar-refractivity contribution in [2.45, 2.75) is 13.5 Å². The molecule has 21 heavy (non-hydrogen) atoms. The van der Waals surface area contributed by atoms with Crippen molar-refractivity contribution in [2.24, 2.45) is 0 Å². The normalized spacial score (nSPS) is 11.2. The van der Waals surface area contributed by atoms with Crippen molar-refractivity contribution in [3.8, 4) is 17.1 Å². The fourth-order valence-corrected chi connectivity index (χ4v) is 2.08. The third-order valence-electron chi connectivity index (χ3n) is 3.00. The molecule has 0 fully saturated rings. The van der Waals surface area contributed by atoms with Crippen LogP contribution in [0.2, 0.25) is 0 Å². The average Bonchev–Trinajstić information content (AvgIpc) is 2.82. The van der Waals surface area contributed by atoms with Crippen LogP contribution in [0.3, 0.4) is 0 Å². The molecule has 8 heteroatoms. The number of nitrogens with zero attached hydrogens (tertiary/aromatic N) is 2. The summed E-state index contributed by atoms with van der Waals surface area (Å²) in [6.45, 7) is -1.08.